The third kappa shape index (κ3) is 5.47. The number of aliphatic imine (C=N–C) groups is 1. The summed E-state index contributed by atoms with van der Waals surface area (Å²) in [5.41, 5.74) is 7.32. The van der Waals surface area contributed by atoms with Gasteiger partial charge in [0.15, 0.2) is 5.96 Å². The van der Waals surface area contributed by atoms with Crippen LogP contribution in [0.2, 0.25) is 0 Å². The van der Waals surface area contributed by atoms with E-state index in [1.165, 1.54) is 10.6 Å². The number of hydrogen-bond acceptors (Lipinski definition) is 4. The number of hydrogen-bond donors (Lipinski definition) is 2. The van der Waals surface area contributed by atoms with Crippen LogP contribution in [0.1, 0.15) is 11.8 Å². The predicted octanol–water partition coefficient (Wildman–Crippen LogP) is 2.41. The number of thiophene rings is 1. The van der Waals surface area contributed by atoms with Crippen LogP contribution in [-0.2, 0) is 6.42 Å². The minimum atomic E-state index is 0.408. The lowest BCUT2D eigenvalue weighted by Gasteiger charge is -2.38. The second kappa shape index (κ2) is 9.59. The van der Waals surface area contributed by atoms with Gasteiger partial charge in [-0.1, -0.05) is 24.3 Å². The van der Waals surface area contributed by atoms with Gasteiger partial charge in [-0.2, -0.15) is 0 Å². The highest BCUT2D eigenvalue weighted by Gasteiger charge is 2.20. The van der Waals surface area contributed by atoms with Crippen molar-refractivity contribution in [3.8, 4) is 0 Å². The molecule has 6 heteroatoms. The predicted molar refractivity (Wildman–Crippen MR) is 112 cm³/mol. The maximum absolute atomic E-state index is 6.00. The second-order valence-corrected chi connectivity index (χ2v) is 7.72. The van der Waals surface area contributed by atoms with Crippen molar-refractivity contribution >= 4 is 23.0 Å². The highest BCUT2D eigenvalue weighted by Crippen LogP contribution is 2.16. The van der Waals surface area contributed by atoms with Gasteiger partial charge in [-0.3, -0.25) is 9.89 Å². The average molecular weight is 372 g/mol. The highest BCUT2D eigenvalue weighted by atomic mass is 32.1. The topological polar surface area (TPSA) is 56.9 Å². The van der Waals surface area contributed by atoms with Crippen molar-refractivity contribution in [2.75, 3.05) is 44.2 Å². The van der Waals surface area contributed by atoms with Crippen LogP contribution in [0.4, 0.5) is 5.69 Å². The van der Waals surface area contributed by atoms with Crippen molar-refractivity contribution in [3.63, 3.8) is 0 Å². The van der Waals surface area contributed by atoms with Crippen LogP contribution in [0.5, 0.6) is 0 Å². The van der Waals surface area contributed by atoms with Crippen LogP contribution in [0.3, 0.4) is 0 Å². The van der Waals surface area contributed by atoms with E-state index in [0.717, 1.165) is 45.7 Å². The average Bonchev–Trinajstić information content (AvgIpc) is 3.20. The van der Waals surface area contributed by atoms with Gasteiger partial charge < -0.3 is 16.0 Å². The van der Waals surface area contributed by atoms with Crippen LogP contribution in [0, 0.1) is 0 Å². The summed E-state index contributed by atoms with van der Waals surface area (Å²) < 4.78 is 0. The number of para-hydroxylation sites is 1. The van der Waals surface area contributed by atoms with Crippen LogP contribution in [0.25, 0.3) is 0 Å². The van der Waals surface area contributed by atoms with E-state index in [4.69, 9.17) is 5.73 Å². The third-order valence-electron chi connectivity index (χ3n) is 4.84. The molecule has 1 aliphatic heterocycles. The SMILES string of the molecule is CC(CN=C(N)NCCc1cccs1)N1CCN(c2ccccc2)CC1. The molecule has 26 heavy (non-hydrogen) atoms. The van der Waals surface area contributed by atoms with E-state index in [0.29, 0.717) is 12.0 Å². The van der Waals surface area contributed by atoms with E-state index in [9.17, 15) is 0 Å². The van der Waals surface area contributed by atoms with Gasteiger partial charge in [0.1, 0.15) is 0 Å². The molecule has 0 spiro atoms. The molecule has 3 N–H and O–H groups in total. The quantitative estimate of drug-likeness (QED) is 0.580. The molecular weight excluding hydrogens is 342 g/mol. The maximum Gasteiger partial charge on any atom is 0.188 e. The number of guanidine groups is 1. The van der Waals surface area contributed by atoms with E-state index in [2.05, 4.69) is 74.9 Å². The molecule has 3 rings (SSSR count). The Balaban J connectivity index is 1.37. The number of nitrogens with two attached hydrogens (primary N) is 1. The first-order chi connectivity index (χ1) is 12.7. The Morgan fingerprint density at radius 2 is 1.92 bits per heavy atom. The molecule has 2 aromatic rings. The summed E-state index contributed by atoms with van der Waals surface area (Å²) in [4.78, 5) is 10.9. The Morgan fingerprint density at radius 1 is 1.15 bits per heavy atom. The second-order valence-electron chi connectivity index (χ2n) is 6.69. The van der Waals surface area contributed by atoms with Gasteiger partial charge in [-0.25, -0.2) is 0 Å². The van der Waals surface area contributed by atoms with Crippen LogP contribution in [0.15, 0.2) is 52.8 Å². The normalized spacial score (nSPS) is 17.3. The number of rotatable bonds is 7. The third-order valence-corrected chi connectivity index (χ3v) is 5.78. The molecule has 1 aromatic heterocycles. The monoisotopic (exact) mass is 371 g/mol. The largest absolute Gasteiger partial charge is 0.370 e. The van der Waals surface area contributed by atoms with E-state index in [-0.39, 0.29) is 0 Å². The zero-order valence-electron chi connectivity index (χ0n) is 15.5. The van der Waals surface area contributed by atoms with Crippen molar-refractivity contribution in [2.24, 2.45) is 10.7 Å². The number of nitrogens with zero attached hydrogens (tertiary/aromatic N) is 3. The van der Waals surface area contributed by atoms with Gasteiger partial charge in [-0.05, 0) is 36.9 Å². The fourth-order valence-electron chi connectivity index (χ4n) is 3.23. The van der Waals surface area contributed by atoms with Crippen molar-refractivity contribution in [2.45, 2.75) is 19.4 Å². The Morgan fingerprint density at radius 3 is 2.62 bits per heavy atom. The number of benzene rings is 1. The van der Waals surface area contributed by atoms with Crippen molar-refractivity contribution in [1.82, 2.24) is 10.2 Å². The van der Waals surface area contributed by atoms with Gasteiger partial charge in [0.05, 0.1) is 6.54 Å². The van der Waals surface area contributed by atoms with Gasteiger partial charge in [0, 0.05) is 49.3 Å². The number of nitrogens with one attached hydrogen (secondary N) is 1. The van der Waals surface area contributed by atoms with Gasteiger partial charge in [0.2, 0.25) is 0 Å². The van der Waals surface area contributed by atoms with E-state index in [1.807, 2.05) is 0 Å². The lowest BCUT2D eigenvalue weighted by Crippen LogP contribution is -2.50. The number of anilines is 1. The Labute approximate surface area is 160 Å². The molecule has 1 unspecified atom stereocenters. The zero-order valence-corrected chi connectivity index (χ0v) is 16.3. The van der Waals surface area contributed by atoms with Crippen molar-refractivity contribution in [3.05, 3.63) is 52.7 Å². The zero-order chi connectivity index (χ0) is 18.2. The molecule has 0 bridgehead atoms. The summed E-state index contributed by atoms with van der Waals surface area (Å²) in [6.45, 7) is 8.07. The summed E-state index contributed by atoms with van der Waals surface area (Å²) in [6.07, 6.45) is 0.991. The first-order valence-electron chi connectivity index (χ1n) is 9.32. The van der Waals surface area contributed by atoms with E-state index >= 15 is 0 Å². The molecule has 0 saturated carbocycles. The molecule has 0 radical (unpaired) electrons. The summed E-state index contributed by atoms with van der Waals surface area (Å²) in [6, 6.07) is 15.3. The molecule has 1 atom stereocenters. The minimum absolute atomic E-state index is 0.408. The summed E-state index contributed by atoms with van der Waals surface area (Å²) in [5.74, 6) is 0.552. The minimum Gasteiger partial charge on any atom is -0.370 e. The summed E-state index contributed by atoms with van der Waals surface area (Å²) in [7, 11) is 0. The molecule has 140 valence electrons. The standard InChI is InChI=1S/C20H29N5S/c1-17(16-23-20(21)22-10-9-19-8-5-15-26-19)24-11-13-25(14-12-24)18-6-3-2-4-7-18/h2-8,15,17H,9-14,16H2,1H3,(H3,21,22,23). The van der Waals surface area contributed by atoms with Gasteiger partial charge >= 0.3 is 0 Å². The first-order valence-corrected chi connectivity index (χ1v) is 10.2. The maximum atomic E-state index is 6.00. The molecule has 1 aromatic carbocycles. The fraction of sp³-hybridized carbons (Fsp3) is 0.450. The lowest BCUT2D eigenvalue weighted by molar-refractivity contribution is 0.201. The molecular formula is C20H29N5S. The highest BCUT2D eigenvalue weighted by molar-refractivity contribution is 7.09. The van der Waals surface area contributed by atoms with Crippen LogP contribution >= 0.6 is 11.3 Å². The smallest absolute Gasteiger partial charge is 0.188 e. The molecule has 1 saturated heterocycles. The van der Waals surface area contributed by atoms with Crippen LogP contribution < -0.4 is 16.0 Å². The Kier molecular flexibility index (Phi) is 6.91. The summed E-state index contributed by atoms with van der Waals surface area (Å²) in [5, 5.41) is 5.32. The van der Waals surface area contributed by atoms with Gasteiger partial charge in [0.25, 0.3) is 0 Å². The molecule has 2 heterocycles. The number of piperazine rings is 1. The molecule has 1 fully saturated rings. The van der Waals surface area contributed by atoms with E-state index < -0.39 is 0 Å². The lowest BCUT2D eigenvalue weighted by atomic mass is 10.2. The van der Waals surface area contributed by atoms with Crippen molar-refractivity contribution < 1.29 is 0 Å². The molecule has 5 nitrogen and oxygen atoms in total. The first kappa shape index (κ1) is 18.7. The summed E-state index contributed by atoms with van der Waals surface area (Å²) >= 11 is 1.78. The Bertz CT molecular complexity index is 663. The molecule has 1 aliphatic rings. The van der Waals surface area contributed by atoms with Crippen LogP contribution in [-0.4, -0.2) is 56.2 Å². The molecule has 0 aliphatic carbocycles. The Hall–Kier alpha value is -2.05. The van der Waals surface area contributed by atoms with Gasteiger partial charge in [-0.15, -0.1) is 11.3 Å². The van der Waals surface area contributed by atoms with E-state index in [1.54, 1.807) is 11.3 Å². The van der Waals surface area contributed by atoms with Crippen molar-refractivity contribution in [1.29, 1.82) is 0 Å². The fourth-order valence-corrected chi connectivity index (χ4v) is 3.94. The molecule has 0 amide bonds.